The number of amides is 1. The summed E-state index contributed by atoms with van der Waals surface area (Å²) in [5.41, 5.74) is 1.98. The molecule has 0 bridgehead atoms. The van der Waals surface area contributed by atoms with Gasteiger partial charge in [0.25, 0.3) is 0 Å². The van der Waals surface area contributed by atoms with E-state index in [1.807, 2.05) is 36.1 Å². The van der Waals surface area contributed by atoms with E-state index in [4.69, 9.17) is 0 Å². The van der Waals surface area contributed by atoms with Crippen LogP contribution < -0.4 is 4.90 Å². The van der Waals surface area contributed by atoms with Crippen molar-refractivity contribution < 1.29 is 13.2 Å². The predicted molar refractivity (Wildman–Crippen MR) is 85.6 cm³/mol. The SMILES string of the molecule is CC(=O)N=C1S[C@@H]2CS(=O)(=O)C[C@H]2N1c1cccc(C)c1. The van der Waals surface area contributed by atoms with Gasteiger partial charge in [0.05, 0.1) is 17.5 Å². The summed E-state index contributed by atoms with van der Waals surface area (Å²) in [5.74, 6) is 0.00915. The van der Waals surface area contributed by atoms with Crippen molar-refractivity contribution in [3.05, 3.63) is 29.8 Å². The Hall–Kier alpha value is -1.34. The zero-order chi connectivity index (χ0) is 15.2. The van der Waals surface area contributed by atoms with Crippen molar-refractivity contribution in [2.24, 2.45) is 4.99 Å². The minimum atomic E-state index is -3.01. The Kier molecular flexibility index (Phi) is 3.57. The van der Waals surface area contributed by atoms with Crippen LogP contribution in [-0.2, 0) is 14.6 Å². The van der Waals surface area contributed by atoms with E-state index in [0.717, 1.165) is 11.3 Å². The molecule has 3 rings (SSSR count). The minimum Gasteiger partial charge on any atom is -0.316 e. The van der Waals surface area contributed by atoms with Crippen LogP contribution in [0.2, 0.25) is 0 Å². The van der Waals surface area contributed by atoms with Gasteiger partial charge < -0.3 is 4.90 Å². The highest BCUT2D eigenvalue weighted by Crippen LogP contribution is 2.41. The van der Waals surface area contributed by atoms with Gasteiger partial charge in [-0.3, -0.25) is 4.79 Å². The summed E-state index contributed by atoms with van der Waals surface area (Å²) in [7, 11) is -3.01. The van der Waals surface area contributed by atoms with E-state index in [2.05, 4.69) is 4.99 Å². The Morgan fingerprint density at radius 1 is 1.38 bits per heavy atom. The number of hydrogen-bond donors (Lipinski definition) is 0. The quantitative estimate of drug-likeness (QED) is 0.785. The number of hydrogen-bond acceptors (Lipinski definition) is 4. The third kappa shape index (κ3) is 2.85. The van der Waals surface area contributed by atoms with Crippen LogP contribution in [0.1, 0.15) is 12.5 Å². The van der Waals surface area contributed by atoms with Crippen LogP contribution in [0.5, 0.6) is 0 Å². The Balaban J connectivity index is 2.05. The molecule has 2 aliphatic rings. The highest BCUT2D eigenvalue weighted by molar-refractivity contribution is 8.16. The fourth-order valence-corrected chi connectivity index (χ4v) is 6.74. The average Bonchev–Trinajstić information content (AvgIpc) is 2.79. The lowest BCUT2D eigenvalue weighted by molar-refractivity contribution is -0.115. The Morgan fingerprint density at radius 3 is 2.81 bits per heavy atom. The van der Waals surface area contributed by atoms with E-state index in [-0.39, 0.29) is 28.7 Å². The number of nitrogens with zero attached hydrogens (tertiary/aromatic N) is 2. The molecule has 0 radical (unpaired) electrons. The summed E-state index contributed by atoms with van der Waals surface area (Å²) in [4.78, 5) is 17.3. The molecule has 21 heavy (non-hydrogen) atoms. The number of carbonyl (C=O) groups excluding carboxylic acids is 1. The second-order valence-corrected chi connectivity index (χ2v) is 8.78. The zero-order valence-electron chi connectivity index (χ0n) is 11.8. The molecule has 2 heterocycles. The van der Waals surface area contributed by atoms with E-state index < -0.39 is 9.84 Å². The summed E-state index contributed by atoms with van der Waals surface area (Å²) < 4.78 is 23.7. The molecule has 5 nitrogen and oxygen atoms in total. The molecule has 112 valence electrons. The Labute approximate surface area is 128 Å². The Morgan fingerprint density at radius 2 is 2.14 bits per heavy atom. The lowest BCUT2D eigenvalue weighted by Crippen LogP contribution is -2.37. The number of sulfone groups is 1. The maximum absolute atomic E-state index is 11.9. The van der Waals surface area contributed by atoms with Crippen LogP contribution in [0.3, 0.4) is 0 Å². The van der Waals surface area contributed by atoms with E-state index >= 15 is 0 Å². The molecular formula is C14H16N2O3S2. The summed E-state index contributed by atoms with van der Waals surface area (Å²) in [6.07, 6.45) is 0. The van der Waals surface area contributed by atoms with Crippen LogP contribution in [0.4, 0.5) is 5.69 Å². The fourth-order valence-electron chi connectivity index (χ4n) is 2.78. The van der Waals surface area contributed by atoms with Crippen molar-refractivity contribution in [1.29, 1.82) is 0 Å². The van der Waals surface area contributed by atoms with Gasteiger partial charge in [-0.1, -0.05) is 23.9 Å². The maximum atomic E-state index is 11.9. The number of carbonyl (C=O) groups is 1. The lowest BCUT2D eigenvalue weighted by Gasteiger charge is -2.24. The molecule has 2 aliphatic heterocycles. The first-order chi connectivity index (χ1) is 9.85. The highest BCUT2D eigenvalue weighted by Gasteiger charge is 2.49. The van der Waals surface area contributed by atoms with E-state index in [1.54, 1.807) is 0 Å². The van der Waals surface area contributed by atoms with Crippen LogP contribution >= 0.6 is 11.8 Å². The van der Waals surface area contributed by atoms with Crippen LogP contribution in [0.15, 0.2) is 29.3 Å². The molecule has 7 heteroatoms. The first-order valence-corrected chi connectivity index (χ1v) is 9.38. The summed E-state index contributed by atoms with van der Waals surface area (Å²) in [6.45, 7) is 3.39. The molecule has 0 N–H and O–H groups in total. The van der Waals surface area contributed by atoms with Crippen molar-refractivity contribution in [1.82, 2.24) is 0 Å². The third-order valence-electron chi connectivity index (χ3n) is 3.60. The largest absolute Gasteiger partial charge is 0.316 e. The molecule has 0 unspecified atom stereocenters. The number of aliphatic imine (C=N–C) groups is 1. The number of anilines is 1. The number of rotatable bonds is 1. The molecule has 1 amide bonds. The van der Waals surface area contributed by atoms with Gasteiger partial charge in [-0.2, -0.15) is 4.99 Å². The number of fused-ring (bicyclic) bond motifs is 1. The molecule has 1 aromatic rings. The summed E-state index contributed by atoms with van der Waals surface area (Å²) in [6, 6.07) is 7.69. The van der Waals surface area contributed by atoms with Crippen molar-refractivity contribution in [2.75, 3.05) is 16.4 Å². The van der Waals surface area contributed by atoms with Gasteiger partial charge in [-0.15, -0.1) is 0 Å². The molecule has 2 saturated heterocycles. The van der Waals surface area contributed by atoms with Crippen LogP contribution in [0, 0.1) is 6.92 Å². The van der Waals surface area contributed by atoms with Gasteiger partial charge >= 0.3 is 0 Å². The molecule has 0 spiro atoms. The summed E-state index contributed by atoms with van der Waals surface area (Å²) >= 11 is 1.40. The maximum Gasteiger partial charge on any atom is 0.244 e. The van der Waals surface area contributed by atoms with Gasteiger partial charge in [-0.05, 0) is 24.6 Å². The molecule has 0 aliphatic carbocycles. The second kappa shape index (κ2) is 5.14. The first-order valence-electron chi connectivity index (χ1n) is 6.68. The molecule has 2 fully saturated rings. The molecule has 2 atom stereocenters. The minimum absolute atomic E-state index is 0.0476. The second-order valence-electron chi connectivity index (χ2n) is 5.42. The zero-order valence-corrected chi connectivity index (χ0v) is 13.4. The average molecular weight is 324 g/mol. The van der Waals surface area contributed by atoms with Crippen molar-refractivity contribution >= 4 is 38.4 Å². The van der Waals surface area contributed by atoms with Crippen LogP contribution in [0.25, 0.3) is 0 Å². The highest BCUT2D eigenvalue weighted by atomic mass is 32.2. The van der Waals surface area contributed by atoms with Crippen molar-refractivity contribution in [3.63, 3.8) is 0 Å². The number of thioether (sulfide) groups is 1. The number of benzene rings is 1. The smallest absolute Gasteiger partial charge is 0.244 e. The van der Waals surface area contributed by atoms with Gasteiger partial charge in [0.1, 0.15) is 0 Å². The number of amidine groups is 1. The van der Waals surface area contributed by atoms with Gasteiger partial charge in [-0.25, -0.2) is 8.42 Å². The lowest BCUT2D eigenvalue weighted by atomic mass is 10.1. The van der Waals surface area contributed by atoms with Crippen molar-refractivity contribution in [2.45, 2.75) is 25.1 Å². The van der Waals surface area contributed by atoms with Crippen LogP contribution in [-0.4, -0.2) is 42.3 Å². The summed E-state index contributed by atoms with van der Waals surface area (Å²) in [5, 5.41) is 0.562. The van der Waals surface area contributed by atoms with Gasteiger partial charge in [0.15, 0.2) is 15.0 Å². The normalized spacial score (nSPS) is 28.9. The Bertz CT molecular complexity index is 727. The molecule has 1 aromatic carbocycles. The molecule has 0 aromatic heterocycles. The fraction of sp³-hybridized carbons (Fsp3) is 0.429. The van der Waals surface area contributed by atoms with E-state index in [1.165, 1.54) is 18.7 Å². The molecular weight excluding hydrogens is 308 g/mol. The van der Waals surface area contributed by atoms with Gasteiger partial charge in [0, 0.05) is 17.9 Å². The van der Waals surface area contributed by atoms with E-state index in [9.17, 15) is 13.2 Å². The monoisotopic (exact) mass is 324 g/mol. The predicted octanol–water partition coefficient (Wildman–Crippen LogP) is 1.62. The van der Waals surface area contributed by atoms with Gasteiger partial charge in [0.2, 0.25) is 5.91 Å². The molecule has 0 saturated carbocycles. The number of aryl methyl sites for hydroxylation is 1. The topological polar surface area (TPSA) is 66.8 Å². The van der Waals surface area contributed by atoms with Crippen molar-refractivity contribution in [3.8, 4) is 0 Å². The standard InChI is InChI=1S/C14H16N2O3S2/c1-9-4-3-5-11(6-9)16-12-7-21(18,19)8-13(12)20-14(16)15-10(2)17/h3-6,12-13H,7-8H2,1-2H3/t12-,13-/m1/s1. The first kappa shape index (κ1) is 14.6. The third-order valence-corrected chi connectivity index (χ3v) is 6.81. The van der Waals surface area contributed by atoms with E-state index in [0.29, 0.717) is 5.17 Å².